The molecule has 1 atom stereocenters. The molecule has 1 saturated heterocycles. The highest BCUT2D eigenvalue weighted by molar-refractivity contribution is 8.00. The van der Waals surface area contributed by atoms with Crippen LogP contribution in [0, 0.1) is 0 Å². The zero-order valence-electron chi connectivity index (χ0n) is 12.2. The Labute approximate surface area is 128 Å². The van der Waals surface area contributed by atoms with Gasteiger partial charge in [-0.05, 0) is 19.4 Å². The minimum Gasteiger partial charge on any atom is -0.479 e. The van der Waals surface area contributed by atoms with Crippen LogP contribution in [0.2, 0.25) is 0 Å². The van der Waals surface area contributed by atoms with E-state index in [9.17, 15) is 14.7 Å². The standard InChI is InChI=1S/C15H20N2O3S/c1-15(2)10-17(8-9-21-15)14(20)16-12(13(18)19)11-6-4-3-5-7-11/h3-7,12H,8-10H2,1-2H3,(H,16,20)(H,18,19). The first-order valence-electron chi connectivity index (χ1n) is 6.86. The number of urea groups is 1. The van der Waals surface area contributed by atoms with Gasteiger partial charge in [0.05, 0.1) is 0 Å². The molecule has 0 bridgehead atoms. The number of aliphatic carboxylic acids is 1. The fourth-order valence-electron chi connectivity index (χ4n) is 2.34. The van der Waals surface area contributed by atoms with Gasteiger partial charge in [0.15, 0.2) is 6.04 Å². The van der Waals surface area contributed by atoms with Crippen molar-refractivity contribution in [2.24, 2.45) is 0 Å². The lowest BCUT2D eigenvalue weighted by Gasteiger charge is -2.37. The second-order valence-electron chi connectivity index (χ2n) is 5.66. The molecule has 0 aliphatic carbocycles. The van der Waals surface area contributed by atoms with E-state index < -0.39 is 12.0 Å². The first kappa shape index (κ1) is 15.7. The molecule has 1 aliphatic heterocycles. The molecule has 0 radical (unpaired) electrons. The van der Waals surface area contributed by atoms with Crippen molar-refractivity contribution in [1.82, 2.24) is 10.2 Å². The summed E-state index contributed by atoms with van der Waals surface area (Å²) in [6.07, 6.45) is 0. The summed E-state index contributed by atoms with van der Waals surface area (Å²) in [6, 6.07) is 7.41. The summed E-state index contributed by atoms with van der Waals surface area (Å²) < 4.78 is 0.00105. The lowest BCUT2D eigenvalue weighted by atomic mass is 10.1. The van der Waals surface area contributed by atoms with E-state index in [-0.39, 0.29) is 10.8 Å². The molecule has 2 N–H and O–H groups in total. The molecule has 2 rings (SSSR count). The summed E-state index contributed by atoms with van der Waals surface area (Å²) in [6.45, 7) is 5.43. The lowest BCUT2D eigenvalue weighted by Crippen LogP contribution is -2.51. The van der Waals surface area contributed by atoms with Gasteiger partial charge in [0.1, 0.15) is 0 Å². The van der Waals surface area contributed by atoms with Gasteiger partial charge in [0.25, 0.3) is 0 Å². The minimum atomic E-state index is -1.06. The number of hydrogen-bond donors (Lipinski definition) is 2. The third-order valence-corrected chi connectivity index (χ3v) is 4.66. The summed E-state index contributed by atoms with van der Waals surface area (Å²) in [4.78, 5) is 25.4. The van der Waals surface area contributed by atoms with Crippen molar-refractivity contribution in [1.29, 1.82) is 0 Å². The molecule has 5 nitrogen and oxygen atoms in total. The SMILES string of the molecule is CC1(C)CN(C(=O)NC(C(=O)O)c2ccccc2)CCS1. The van der Waals surface area contributed by atoms with Crippen molar-refractivity contribution < 1.29 is 14.7 Å². The normalized spacial score (nSPS) is 18.9. The Kier molecular flexibility index (Phi) is 4.77. The van der Waals surface area contributed by atoms with Gasteiger partial charge < -0.3 is 15.3 Å². The number of benzene rings is 1. The van der Waals surface area contributed by atoms with Crippen LogP contribution in [0.15, 0.2) is 30.3 Å². The van der Waals surface area contributed by atoms with Gasteiger partial charge in [-0.2, -0.15) is 11.8 Å². The highest BCUT2D eigenvalue weighted by atomic mass is 32.2. The first-order chi connectivity index (χ1) is 9.89. The minimum absolute atomic E-state index is 0.00105. The number of nitrogens with zero attached hydrogens (tertiary/aromatic N) is 1. The van der Waals surface area contributed by atoms with Gasteiger partial charge in [0.2, 0.25) is 0 Å². The van der Waals surface area contributed by atoms with Gasteiger partial charge in [-0.1, -0.05) is 30.3 Å². The van der Waals surface area contributed by atoms with Crippen molar-refractivity contribution in [3.8, 4) is 0 Å². The van der Waals surface area contributed by atoms with Crippen LogP contribution in [0.25, 0.3) is 0 Å². The van der Waals surface area contributed by atoms with Crippen LogP contribution in [0.1, 0.15) is 25.5 Å². The molecule has 0 aromatic heterocycles. The van der Waals surface area contributed by atoms with E-state index in [2.05, 4.69) is 19.2 Å². The number of carbonyl (C=O) groups is 2. The van der Waals surface area contributed by atoms with Crippen molar-refractivity contribution in [2.75, 3.05) is 18.8 Å². The molecule has 21 heavy (non-hydrogen) atoms. The maximum atomic E-state index is 12.3. The largest absolute Gasteiger partial charge is 0.479 e. The molecule has 1 aromatic rings. The fourth-order valence-corrected chi connectivity index (χ4v) is 3.45. The number of hydrogen-bond acceptors (Lipinski definition) is 3. The third kappa shape index (κ3) is 4.14. The summed E-state index contributed by atoms with van der Waals surface area (Å²) in [5, 5.41) is 12.0. The average molecular weight is 308 g/mol. The molecule has 0 saturated carbocycles. The van der Waals surface area contributed by atoms with Crippen molar-refractivity contribution in [3.05, 3.63) is 35.9 Å². The maximum absolute atomic E-state index is 12.3. The van der Waals surface area contributed by atoms with E-state index in [1.165, 1.54) is 0 Å². The van der Waals surface area contributed by atoms with Crippen LogP contribution in [0.3, 0.4) is 0 Å². The second-order valence-corrected chi connectivity index (χ2v) is 7.46. The predicted octanol–water partition coefficient (Wildman–Crippen LogP) is 2.35. The van der Waals surface area contributed by atoms with Gasteiger partial charge in [0, 0.05) is 23.6 Å². The summed E-state index contributed by atoms with van der Waals surface area (Å²) in [7, 11) is 0. The number of thioether (sulfide) groups is 1. The molecule has 1 aliphatic rings. The highest BCUT2D eigenvalue weighted by Gasteiger charge is 2.31. The number of carboxylic acid groups (broad SMARTS) is 1. The van der Waals surface area contributed by atoms with E-state index >= 15 is 0 Å². The van der Waals surface area contributed by atoms with Crippen LogP contribution in [-0.2, 0) is 4.79 Å². The topological polar surface area (TPSA) is 69.6 Å². The highest BCUT2D eigenvalue weighted by Crippen LogP contribution is 2.29. The summed E-state index contributed by atoms with van der Waals surface area (Å²) >= 11 is 1.83. The maximum Gasteiger partial charge on any atom is 0.330 e. The van der Waals surface area contributed by atoms with Crippen molar-refractivity contribution in [2.45, 2.75) is 24.6 Å². The molecule has 1 aromatic carbocycles. The zero-order chi connectivity index (χ0) is 15.5. The summed E-state index contributed by atoms with van der Waals surface area (Å²) in [5.41, 5.74) is 0.573. The first-order valence-corrected chi connectivity index (χ1v) is 7.85. The molecule has 2 amide bonds. The van der Waals surface area contributed by atoms with E-state index in [1.54, 1.807) is 29.2 Å². The van der Waals surface area contributed by atoms with Gasteiger partial charge in [-0.15, -0.1) is 0 Å². The number of nitrogens with one attached hydrogen (secondary N) is 1. The Morgan fingerprint density at radius 1 is 1.33 bits per heavy atom. The predicted molar refractivity (Wildman–Crippen MR) is 83.5 cm³/mol. The van der Waals surface area contributed by atoms with E-state index in [4.69, 9.17) is 0 Å². The average Bonchev–Trinajstić information content (AvgIpc) is 2.44. The van der Waals surface area contributed by atoms with E-state index in [0.29, 0.717) is 18.7 Å². The molecule has 114 valence electrons. The van der Waals surface area contributed by atoms with E-state index in [1.807, 2.05) is 17.8 Å². The van der Waals surface area contributed by atoms with Crippen LogP contribution >= 0.6 is 11.8 Å². The molecule has 6 heteroatoms. The number of rotatable bonds is 3. The lowest BCUT2D eigenvalue weighted by molar-refractivity contribution is -0.139. The number of amides is 2. The Morgan fingerprint density at radius 3 is 2.57 bits per heavy atom. The van der Waals surface area contributed by atoms with Crippen LogP contribution in [0.4, 0.5) is 4.79 Å². The Balaban J connectivity index is 2.07. The second kappa shape index (κ2) is 6.39. The molecular weight excluding hydrogens is 288 g/mol. The molecule has 1 fully saturated rings. The van der Waals surface area contributed by atoms with Crippen molar-refractivity contribution >= 4 is 23.8 Å². The monoisotopic (exact) mass is 308 g/mol. The number of carboxylic acids is 1. The van der Waals surface area contributed by atoms with Crippen molar-refractivity contribution in [3.63, 3.8) is 0 Å². The van der Waals surface area contributed by atoms with Crippen LogP contribution < -0.4 is 5.32 Å². The fraction of sp³-hybridized carbons (Fsp3) is 0.467. The Hall–Kier alpha value is -1.69. The van der Waals surface area contributed by atoms with Crippen LogP contribution in [0.5, 0.6) is 0 Å². The summed E-state index contributed by atoms with van der Waals surface area (Å²) in [5.74, 6) is -0.191. The Morgan fingerprint density at radius 2 is 2.00 bits per heavy atom. The molecular formula is C15H20N2O3S. The van der Waals surface area contributed by atoms with Gasteiger partial charge >= 0.3 is 12.0 Å². The Bertz CT molecular complexity index is 519. The number of carbonyl (C=O) groups excluding carboxylic acids is 1. The quantitative estimate of drug-likeness (QED) is 0.899. The third-order valence-electron chi connectivity index (χ3n) is 3.36. The molecule has 0 spiro atoms. The zero-order valence-corrected chi connectivity index (χ0v) is 13.0. The molecule has 1 heterocycles. The van der Waals surface area contributed by atoms with Gasteiger partial charge in [-0.25, -0.2) is 9.59 Å². The smallest absolute Gasteiger partial charge is 0.330 e. The molecule has 1 unspecified atom stereocenters. The van der Waals surface area contributed by atoms with E-state index in [0.717, 1.165) is 5.75 Å². The van der Waals surface area contributed by atoms with Gasteiger partial charge in [-0.3, -0.25) is 0 Å². The van der Waals surface area contributed by atoms with Crippen LogP contribution in [-0.4, -0.2) is 45.6 Å².